The van der Waals surface area contributed by atoms with Gasteiger partial charge in [0, 0.05) is 19.7 Å². The topological polar surface area (TPSA) is 50.4 Å². The maximum atomic E-state index is 12.6. The zero-order chi connectivity index (χ0) is 16.0. The van der Waals surface area contributed by atoms with Crippen LogP contribution in [0.4, 0.5) is 13.2 Å². The summed E-state index contributed by atoms with van der Waals surface area (Å²) in [6, 6.07) is 4.93. The number of amides is 1. The van der Waals surface area contributed by atoms with E-state index in [4.69, 9.17) is 4.74 Å². The van der Waals surface area contributed by atoms with E-state index in [0.717, 1.165) is 31.6 Å². The molecule has 1 aliphatic heterocycles. The number of carbonyl (C=O) groups is 1. The van der Waals surface area contributed by atoms with Crippen molar-refractivity contribution in [2.24, 2.45) is 0 Å². The number of rotatable bonds is 6. The van der Waals surface area contributed by atoms with Gasteiger partial charge in [-0.2, -0.15) is 13.2 Å². The zero-order valence-electron chi connectivity index (χ0n) is 12.1. The van der Waals surface area contributed by atoms with Gasteiger partial charge in [-0.05, 0) is 30.5 Å². The summed E-state index contributed by atoms with van der Waals surface area (Å²) in [5.41, 5.74) is -0.293. The van der Waals surface area contributed by atoms with E-state index >= 15 is 0 Å². The molecule has 4 nitrogen and oxygen atoms in total. The maximum absolute atomic E-state index is 12.6. The molecule has 7 heteroatoms. The highest BCUT2D eigenvalue weighted by molar-refractivity contribution is 5.77. The van der Waals surface area contributed by atoms with Gasteiger partial charge < -0.3 is 15.4 Å². The minimum atomic E-state index is -4.37. The molecule has 1 atom stereocenters. The van der Waals surface area contributed by atoms with Gasteiger partial charge in [-0.25, -0.2) is 0 Å². The molecule has 2 rings (SSSR count). The fraction of sp³-hybridized carbons (Fsp3) is 0.533. The molecule has 1 amide bonds. The van der Waals surface area contributed by atoms with Crippen molar-refractivity contribution in [2.75, 3.05) is 19.7 Å². The normalized spacial score (nSPS) is 18.4. The molecule has 2 N–H and O–H groups in total. The molecule has 0 aromatic heterocycles. The van der Waals surface area contributed by atoms with Gasteiger partial charge in [0.1, 0.15) is 0 Å². The van der Waals surface area contributed by atoms with Crippen LogP contribution >= 0.6 is 0 Å². The first-order valence-corrected chi connectivity index (χ1v) is 7.20. The molecule has 1 saturated heterocycles. The minimum Gasteiger partial charge on any atom is -0.377 e. The van der Waals surface area contributed by atoms with Crippen LogP contribution in [-0.4, -0.2) is 31.7 Å². The first-order chi connectivity index (χ1) is 10.4. The highest BCUT2D eigenvalue weighted by Gasteiger charge is 2.30. The van der Waals surface area contributed by atoms with Crippen molar-refractivity contribution in [3.8, 4) is 0 Å². The molecule has 1 aromatic carbocycles. The first kappa shape index (κ1) is 16.8. The predicted octanol–water partition coefficient (Wildman–Crippen LogP) is 2.09. The molecule has 0 aliphatic carbocycles. The molecule has 0 saturated carbocycles. The second kappa shape index (κ2) is 7.60. The summed E-state index contributed by atoms with van der Waals surface area (Å²) in [4.78, 5) is 11.6. The van der Waals surface area contributed by atoms with Crippen LogP contribution in [0.3, 0.4) is 0 Å². The van der Waals surface area contributed by atoms with Crippen molar-refractivity contribution in [2.45, 2.75) is 31.7 Å². The summed E-state index contributed by atoms with van der Waals surface area (Å²) in [5.74, 6) is -0.254. The molecule has 22 heavy (non-hydrogen) atoms. The molecular weight excluding hydrogens is 297 g/mol. The lowest BCUT2D eigenvalue weighted by atomic mass is 10.1. The van der Waals surface area contributed by atoms with Crippen LogP contribution < -0.4 is 10.6 Å². The van der Waals surface area contributed by atoms with Crippen LogP contribution in [0.2, 0.25) is 0 Å². The second-order valence-electron chi connectivity index (χ2n) is 5.24. The molecule has 1 unspecified atom stereocenters. The Balaban J connectivity index is 1.71. The lowest BCUT2D eigenvalue weighted by molar-refractivity contribution is -0.137. The van der Waals surface area contributed by atoms with Crippen molar-refractivity contribution in [1.82, 2.24) is 10.6 Å². The number of hydrogen-bond donors (Lipinski definition) is 2. The molecular formula is C15H19F3N2O2. The Bertz CT molecular complexity index is 500. The maximum Gasteiger partial charge on any atom is 0.416 e. The number of hydrogen-bond acceptors (Lipinski definition) is 3. The summed E-state index contributed by atoms with van der Waals surface area (Å²) < 4.78 is 43.1. The Labute approximate surface area is 127 Å². The van der Waals surface area contributed by atoms with Crippen LogP contribution in [0, 0.1) is 0 Å². The van der Waals surface area contributed by atoms with Crippen LogP contribution in [0.5, 0.6) is 0 Å². The highest BCUT2D eigenvalue weighted by Crippen LogP contribution is 2.29. The Morgan fingerprint density at radius 1 is 1.36 bits per heavy atom. The van der Waals surface area contributed by atoms with E-state index in [2.05, 4.69) is 10.6 Å². The third-order valence-electron chi connectivity index (χ3n) is 3.43. The number of alkyl halides is 3. The van der Waals surface area contributed by atoms with Gasteiger partial charge >= 0.3 is 6.18 Å². The van der Waals surface area contributed by atoms with Gasteiger partial charge in [0.2, 0.25) is 5.91 Å². The van der Waals surface area contributed by atoms with Crippen molar-refractivity contribution < 1.29 is 22.7 Å². The number of carbonyl (C=O) groups excluding carboxylic acids is 1. The molecule has 1 heterocycles. The van der Waals surface area contributed by atoms with Gasteiger partial charge in [-0.15, -0.1) is 0 Å². The van der Waals surface area contributed by atoms with Crippen molar-refractivity contribution >= 4 is 5.91 Å². The van der Waals surface area contributed by atoms with E-state index in [0.29, 0.717) is 12.1 Å². The molecule has 0 bridgehead atoms. The first-order valence-electron chi connectivity index (χ1n) is 7.20. The van der Waals surface area contributed by atoms with E-state index < -0.39 is 11.7 Å². The summed E-state index contributed by atoms with van der Waals surface area (Å²) in [6.45, 7) is 1.56. The van der Waals surface area contributed by atoms with E-state index in [-0.39, 0.29) is 25.1 Å². The summed E-state index contributed by atoms with van der Waals surface area (Å²) in [7, 11) is 0. The van der Waals surface area contributed by atoms with Crippen LogP contribution in [0.15, 0.2) is 24.3 Å². The van der Waals surface area contributed by atoms with Crippen LogP contribution in [-0.2, 0) is 22.3 Å². The molecule has 1 aromatic rings. The van der Waals surface area contributed by atoms with E-state index in [1.165, 1.54) is 6.07 Å². The Morgan fingerprint density at radius 3 is 2.86 bits per heavy atom. The molecule has 122 valence electrons. The fourth-order valence-corrected chi connectivity index (χ4v) is 2.27. The highest BCUT2D eigenvalue weighted by atomic mass is 19.4. The molecule has 0 spiro atoms. The SMILES string of the molecule is O=C(CNCC1CCCO1)NCc1cccc(C(F)(F)F)c1. The molecule has 1 aliphatic rings. The third kappa shape index (κ3) is 5.31. The van der Waals surface area contributed by atoms with Crippen LogP contribution in [0.1, 0.15) is 24.0 Å². The Kier molecular flexibility index (Phi) is 5.79. The van der Waals surface area contributed by atoms with Crippen molar-refractivity contribution in [1.29, 1.82) is 0 Å². The number of halogens is 3. The fourth-order valence-electron chi connectivity index (χ4n) is 2.27. The lowest BCUT2D eigenvalue weighted by Gasteiger charge is -2.11. The average molecular weight is 316 g/mol. The van der Waals surface area contributed by atoms with Crippen molar-refractivity contribution in [3.63, 3.8) is 0 Å². The standard InChI is InChI=1S/C15H19F3N2O2/c16-15(17,18)12-4-1-3-11(7-12)8-20-14(21)10-19-9-13-5-2-6-22-13/h1,3-4,7,13,19H,2,5-6,8-10H2,(H,20,21). The van der Waals surface area contributed by atoms with E-state index in [1.54, 1.807) is 6.07 Å². The van der Waals surface area contributed by atoms with Gasteiger partial charge in [-0.3, -0.25) is 4.79 Å². The third-order valence-corrected chi connectivity index (χ3v) is 3.43. The van der Waals surface area contributed by atoms with Gasteiger partial charge in [0.15, 0.2) is 0 Å². The lowest BCUT2D eigenvalue weighted by Crippen LogP contribution is -2.36. The Hall–Kier alpha value is -1.60. The molecule has 1 fully saturated rings. The van der Waals surface area contributed by atoms with Gasteiger partial charge in [-0.1, -0.05) is 12.1 Å². The smallest absolute Gasteiger partial charge is 0.377 e. The summed E-state index contributed by atoms with van der Waals surface area (Å²) in [5, 5.41) is 5.58. The van der Waals surface area contributed by atoms with Gasteiger partial charge in [0.25, 0.3) is 0 Å². The Morgan fingerprint density at radius 2 is 2.18 bits per heavy atom. The van der Waals surface area contributed by atoms with E-state index in [9.17, 15) is 18.0 Å². The second-order valence-corrected chi connectivity index (χ2v) is 5.24. The quantitative estimate of drug-likeness (QED) is 0.845. The predicted molar refractivity (Wildman–Crippen MR) is 75.1 cm³/mol. The average Bonchev–Trinajstić information content (AvgIpc) is 2.98. The van der Waals surface area contributed by atoms with E-state index in [1.807, 2.05) is 0 Å². The monoisotopic (exact) mass is 316 g/mol. The minimum absolute atomic E-state index is 0.0738. The summed E-state index contributed by atoms with van der Waals surface area (Å²) >= 11 is 0. The van der Waals surface area contributed by atoms with Crippen molar-refractivity contribution in [3.05, 3.63) is 35.4 Å². The summed E-state index contributed by atoms with van der Waals surface area (Å²) in [6.07, 6.45) is -2.20. The largest absolute Gasteiger partial charge is 0.416 e. The molecule has 0 radical (unpaired) electrons. The number of nitrogens with one attached hydrogen (secondary N) is 2. The van der Waals surface area contributed by atoms with Crippen LogP contribution in [0.25, 0.3) is 0 Å². The zero-order valence-corrected chi connectivity index (χ0v) is 12.1. The van der Waals surface area contributed by atoms with Gasteiger partial charge in [0.05, 0.1) is 18.2 Å². The number of ether oxygens (including phenoxy) is 1. The number of benzene rings is 1.